The maximum absolute atomic E-state index is 12.1. The number of aryl methyl sites for hydroxylation is 1. The van der Waals surface area contributed by atoms with Crippen molar-refractivity contribution in [3.8, 4) is 11.4 Å². The van der Waals surface area contributed by atoms with E-state index in [9.17, 15) is 4.79 Å². The molecule has 0 aliphatic rings. The fourth-order valence-corrected chi connectivity index (χ4v) is 2.66. The van der Waals surface area contributed by atoms with E-state index in [1.54, 1.807) is 10.1 Å². The van der Waals surface area contributed by atoms with Crippen LogP contribution in [0.15, 0.2) is 29.8 Å². The van der Waals surface area contributed by atoms with Gasteiger partial charge >= 0.3 is 0 Å². The maximum atomic E-state index is 12.1. The van der Waals surface area contributed by atoms with E-state index in [2.05, 4.69) is 25.7 Å². The van der Waals surface area contributed by atoms with Gasteiger partial charge in [0.15, 0.2) is 10.6 Å². The van der Waals surface area contributed by atoms with Crippen LogP contribution in [0.5, 0.6) is 0 Å². The lowest BCUT2D eigenvalue weighted by atomic mass is 10.1. The number of nitrogens with zero attached hydrogens (tertiary/aromatic N) is 4. The Labute approximate surface area is 135 Å². The smallest absolute Gasteiger partial charge is 0.246 e. The molecule has 0 spiro atoms. The molecule has 2 aromatic heterocycles. The summed E-state index contributed by atoms with van der Waals surface area (Å²) in [5.41, 5.74) is 3.56. The zero-order valence-electron chi connectivity index (χ0n) is 11.6. The molecule has 0 radical (unpaired) electrons. The Hall–Kier alpha value is -2.39. The van der Waals surface area contributed by atoms with Crippen molar-refractivity contribution in [2.45, 2.75) is 13.5 Å². The summed E-state index contributed by atoms with van der Waals surface area (Å²) in [6.07, 6.45) is 0. The van der Waals surface area contributed by atoms with Crippen LogP contribution in [0.3, 0.4) is 0 Å². The molecule has 0 saturated heterocycles. The number of benzene rings is 1. The van der Waals surface area contributed by atoms with Crippen LogP contribution in [0.2, 0.25) is 0 Å². The molecule has 0 bridgehead atoms. The van der Waals surface area contributed by atoms with Crippen LogP contribution in [0, 0.1) is 11.7 Å². The number of carbonyl (C=O) groups excluding carboxylic acids is 1. The molecule has 0 unspecified atom stereocenters. The Kier molecular flexibility index (Phi) is 4.07. The largest absolute Gasteiger partial charge is 0.299 e. The topological polar surface area (TPSA) is 88.5 Å². The molecule has 2 heterocycles. The minimum Gasteiger partial charge on any atom is -0.299 e. The van der Waals surface area contributed by atoms with E-state index in [-0.39, 0.29) is 12.5 Å². The van der Waals surface area contributed by atoms with Crippen molar-refractivity contribution in [1.82, 2.24) is 25.0 Å². The number of rotatable bonds is 4. The monoisotopic (exact) mass is 332 g/mol. The van der Waals surface area contributed by atoms with Crippen LogP contribution >= 0.6 is 23.6 Å². The molecule has 0 atom stereocenters. The van der Waals surface area contributed by atoms with Crippen molar-refractivity contribution in [3.63, 3.8) is 0 Å². The Bertz CT molecular complexity index is 852. The average molecular weight is 332 g/mol. The standard InChI is InChI=1S/C13H12N6OS2/c1-8-3-2-4-9(5-8)11-16-18-13(21)19(11)6-10(20)15-12-17-14-7-22-12/h2-5,7H,6H2,1H3,(H,18,21)(H,15,17,20). The third-order valence-corrected chi connectivity index (χ3v) is 3.86. The van der Waals surface area contributed by atoms with Gasteiger partial charge < -0.3 is 0 Å². The summed E-state index contributed by atoms with van der Waals surface area (Å²) in [5, 5.41) is 17.5. The van der Waals surface area contributed by atoms with Gasteiger partial charge in [0.25, 0.3) is 0 Å². The predicted molar refractivity (Wildman–Crippen MR) is 86.1 cm³/mol. The van der Waals surface area contributed by atoms with Gasteiger partial charge in [-0.15, -0.1) is 10.2 Å². The summed E-state index contributed by atoms with van der Waals surface area (Å²) < 4.78 is 2.05. The van der Waals surface area contributed by atoms with Gasteiger partial charge in [0.2, 0.25) is 11.0 Å². The summed E-state index contributed by atoms with van der Waals surface area (Å²) in [6, 6.07) is 7.85. The first-order chi connectivity index (χ1) is 10.6. The van der Waals surface area contributed by atoms with Crippen LogP contribution in [0.25, 0.3) is 11.4 Å². The van der Waals surface area contributed by atoms with Gasteiger partial charge in [0.1, 0.15) is 12.1 Å². The average Bonchev–Trinajstić information content (AvgIpc) is 3.10. The van der Waals surface area contributed by atoms with Crippen molar-refractivity contribution in [1.29, 1.82) is 0 Å². The van der Waals surface area contributed by atoms with E-state index in [1.165, 1.54) is 11.3 Å². The fraction of sp³-hybridized carbons (Fsp3) is 0.154. The van der Waals surface area contributed by atoms with Crippen LogP contribution < -0.4 is 5.32 Å². The minimum absolute atomic E-state index is 0.0538. The number of anilines is 1. The fourth-order valence-electron chi connectivity index (χ4n) is 2.00. The van der Waals surface area contributed by atoms with E-state index >= 15 is 0 Å². The van der Waals surface area contributed by atoms with E-state index in [1.807, 2.05) is 31.2 Å². The predicted octanol–water partition coefficient (Wildman–Crippen LogP) is 2.41. The Morgan fingerprint density at radius 1 is 1.50 bits per heavy atom. The van der Waals surface area contributed by atoms with E-state index in [0.717, 1.165) is 11.1 Å². The lowest BCUT2D eigenvalue weighted by Gasteiger charge is -2.07. The number of hydrogen-bond acceptors (Lipinski definition) is 6. The molecule has 7 nitrogen and oxygen atoms in total. The Balaban J connectivity index is 1.86. The SMILES string of the molecule is Cc1cccc(-c2n[nH]c(=S)n2CC(=O)Nc2nncs2)c1. The van der Waals surface area contributed by atoms with Gasteiger partial charge in [-0.05, 0) is 25.2 Å². The summed E-state index contributed by atoms with van der Waals surface area (Å²) in [6.45, 7) is 2.05. The molecule has 2 N–H and O–H groups in total. The third kappa shape index (κ3) is 3.10. The number of aromatic amines is 1. The number of amides is 1. The number of nitrogens with one attached hydrogen (secondary N) is 2. The second-order valence-corrected chi connectivity index (χ2v) is 5.82. The van der Waals surface area contributed by atoms with Crippen molar-refractivity contribution < 1.29 is 4.79 Å². The van der Waals surface area contributed by atoms with Crippen LogP contribution in [0.1, 0.15) is 5.56 Å². The van der Waals surface area contributed by atoms with Gasteiger partial charge in [-0.3, -0.25) is 19.8 Å². The molecule has 0 aliphatic carbocycles. The van der Waals surface area contributed by atoms with Crippen molar-refractivity contribution in [2.75, 3.05) is 5.32 Å². The summed E-state index contributed by atoms with van der Waals surface area (Å²) in [4.78, 5) is 12.1. The number of carbonyl (C=O) groups is 1. The summed E-state index contributed by atoms with van der Waals surface area (Å²) in [5.74, 6) is 0.393. The quantitative estimate of drug-likeness (QED) is 0.716. The second-order valence-electron chi connectivity index (χ2n) is 4.60. The first-order valence-corrected chi connectivity index (χ1v) is 7.70. The molecule has 22 heavy (non-hydrogen) atoms. The number of hydrogen-bond donors (Lipinski definition) is 2. The minimum atomic E-state index is -0.233. The summed E-state index contributed by atoms with van der Waals surface area (Å²) in [7, 11) is 0. The first kappa shape index (κ1) is 14.5. The molecule has 3 aromatic rings. The highest BCUT2D eigenvalue weighted by Crippen LogP contribution is 2.18. The Morgan fingerprint density at radius 3 is 3.09 bits per heavy atom. The summed E-state index contributed by atoms with van der Waals surface area (Å²) >= 11 is 6.47. The van der Waals surface area contributed by atoms with Gasteiger partial charge in [0, 0.05) is 5.56 Å². The molecule has 112 valence electrons. The van der Waals surface area contributed by atoms with Crippen LogP contribution in [0.4, 0.5) is 5.13 Å². The highest BCUT2D eigenvalue weighted by atomic mass is 32.1. The third-order valence-electron chi connectivity index (χ3n) is 2.94. The second kappa shape index (κ2) is 6.16. The molecule has 3 rings (SSSR count). The van der Waals surface area contributed by atoms with Gasteiger partial charge in [-0.2, -0.15) is 5.10 Å². The molecule has 9 heteroatoms. The number of aromatic nitrogens is 5. The van der Waals surface area contributed by atoms with Gasteiger partial charge in [-0.1, -0.05) is 35.1 Å². The lowest BCUT2D eigenvalue weighted by Crippen LogP contribution is -2.19. The molecular weight excluding hydrogens is 320 g/mol. The number of H-pyrrole nitrogens is 1. The maximum Gasteiger partial charge on any atom is 0.246 e. The molecular formula is C13H12N6OS2. The lowest BCUT2D eigenvalue weighted by molar-refractivity contribution is -0.116. The molecule has 1 aromatic carbocycles. The normalized spacial score (nSPS) is 10.6. The van der Waals surface area contributed by atoms with E-state index < -0.39 is 0 Å². The van der Waals surface area contributed by atoms with Crippen molar-refractivity contribution in [2.24, 2.45) is 0 Å². The first-order valence-electron chi connectivity index (χ1n) is 6.42. The van der Waals surface area contributed by atoms with Crippen LogP contribution in [-0.4, -0.2) is 30.9 Å². The van der Waals surface area contributed by atoms with Crippen molar-refractivity contribution in [3.05, 3.63) is 40.1 Å². The van der Waals surface area contributed by atoms with Crippen LogP contribution in [-0.2, 0) is 11.3 Å². The highest BCUT2D eigenvalue weighted by Gasteiger charge is 2.13. The zero-order chi connectivity index (χ0) is 15.5. The molecule has 1 amide bonds. The van der Waals surface area contributed by atoms with Crippen molar-refractivity contribution >= 4 is 34.6 Å². The Morgan fingerprint density at radius 2 is 2.36 bits per heavy atom. The van der Waals surface area contributed by atoms with E-state index in [0.29, 0.717) is 15.7 Å². The van der Waals surface area contributed by atoms with Gasteiger partial charge in [0.05, 0.1) is 0 Å². The van der Waals surface area contributed by atoms with Gasteiger partial charge in [-0.25, -0.2) is 0 Å². The zero-order valence-corrected chi connectivity index (χ0v) is 13.2. The molecule has 0 fully saturated rings. The highest BCUT2D eigenvalue weighted by molar-refractivity contribution is 7.71. The van der Waals surface area contributed by atoms with E-state index in [4.69, 9.17) is 12.2 Å². The molecule has 0 aliphatic heterocycles. The molecule has 0 saturated carbocycles.